The van der Waals surface area contributed by atoms with Crippen molar-refractivity contribution in [3.05, 3.63) is 41.7 Å². The van der Waals surface area contributed by atoms with E-state index in [0.29, 0.717) is 5.75 Å². The van der Waals surface area contributed by atoms with Crippen LogP contribution in [0.1, 0.15) is 12.0 Å². The van der Waals surface area contributed by atoms with Gasteiger partial charge in [0.05, 0.1) is 6.42 Å². The zero-order valence-electron chi connectivity index (χ0n) is 12.8. The van der Waals surface area contributed by atoms with Crippen LogP contribution in [0.4, 0.5) is 4.79 Å². The molecule has 2 aliphatic rings. The highest BCUT2D eigenvalue weighted by atomic mass is 16.7. The van der Waals surface area contributed by atoms with E-state index < -0.39 is 24.4 Å². The molecule has 1 unspecified atom stereocenters. The van der Waals surface area contributed by atoms with Crippen LogP contribution in [0.25, 0.3) is 0 Å². The summed E-state index contributed by atoms with van der Waals surface area (Å²) in [6, 6.07) is 5.66. The maximum atomic E-state index is 11.6. The van der Waals surface area contributed by atoms with Crippen LogP contribution in [0.3, 0.4) is 0 Å². The van der Waals surface area contributed by atoms with Crippen molar-refractivity contribution in [2.24, 2.45) is 0 Å². The maximum Gasteiger partial charge on any atom is 0.514 e. The van der Waals surface area contributed by atoms with Gasteiger partial charge in [-0.2, -0.15) is 0 Å². The van der Waals surface area contributed by atoms with Crippen LogP contribution in [0.2, 0.25) is 0 Å². The summed E-state index contributed by atoms with van der Waals surface area (Å²) < 4.78 is 15.2. The summed E-state index contributed by atoms with van der Waals surface area (Å²) in [7, 11) is 0. The lowest BCUT2D eigenvalue weighted by molar-refractivity contribution is -0.163. The number of carbonyl (C=O) groups is 3. The summed E-state index contributed by atoms with van der Waals surface area (Å²) in [5.74, 6) is -1.05. The second kappa shape index (κ2) is 6.23. The van der Waals surface area contributed by atoms with E-state index in [9.17, 15) is 19.5 Å². The van der Waals surface area contributed by atoms with Crippen LogP contribution in [0.5, 0.6) is 5.75 Å². The molecule has 0 saturated carbocycles. The van der Waals surface area contributed by atoms with Gasteiger partial charge in [0, 0.05) is 0 Å². The Hall–Kier alpha value is -3.03. The molecule has 3 rings (SSSR count). The number of ether oxygens (including phenoxy) is 3. The number of carbonyl (C=O) groups excluding carboxylic acids is 2. The average molecular weight is 333 g/mol. The largest absolute Gasteiger partial charge is 0.514 e. The molecule has 0 spiro atoms. The predicted molar refractivity (Wildman–Crippen MR) is 79.0 cm³/mol. The Morgan fingerprint density at radius 1 is 1.38 bits per heavy atom. The number of hydrogen-bond donors (Lipinski definition) is 1. The number of nitrogens with zero attached hydrogens (tertiary/aromatic N) is 1. The molecule has 2 heterocycles. The van der Waals surface area contributed by atoms with E-state index in [-0.39, 0.29) is 24.7 Å². The van der Waals surface area contributed by atoms with Crippen molar-refractivity contribution in [2.75, 3.05) is 6.61 Å². The number of carboxylic acid groups (broad SMARTS) is 1. The number of aryl methyl sites for hydroxylation is 1. The van der Waals surface area contributed by atoms with Gasteiger partial charge in [0.25, 0.3) is 0 Å². The van der Waals surface area contributed by atoms with Gasteiger partial charge >= 0.3 is 12.1 Å². The molecule has 0 aromatic heterocycles. The topological polar surface area (TPSA) is 102 Å². The lowest BCUT2D eigenvalue weighted by Gasteiger charge is -2.33. The number of carboxylic acids is 1. The Morgan fingerprint density at radius 3 is 2.71 bits per heavy atom. The lowest BCUT2D eigenvalue weighted by atomic mass is 10.1. The van der Waals surface area contributed by atoms with E-state index in [1.807, 2.05) is 6.92 Å². The predicted octanol–water partition coefficient (Wildman–Crippen LogP) is 1.44. The molecule has 0 aliphatic carbocycles. The summed E-state index contributed by atoms with van der Waals surface area (Å²) in [5.41, 5.74) is 1.03. The fourth-order valence-corrected chi connectivity index (χ4v) is 2.49. The van der Waals surface area contributed by atoms with Gasteiger partial charge in [-0.1, -0.05) is 17.7 Å². The molecular weight excluding hydrogens is 318 g/mol. The van der Waals surface area contributed by atoms with Gasteiger partial charge in [0.1, 0.15) is 18.1 Å². The summed E-state index contributed by atoms with van der Waals surface area (Å²) in [4.78, 5) is 35.4. The van der Waals surface area contributed by atoms with Crippen LogP contribution in [-0.4, -0.2) is 46.9 Å². The third-order valence-corrected chi connectivity index (χ3v) is 3.71. The van der Waals surface area contributed by atoms with Crippen LogP contribution < -0.4 is 4.74 Å². The second-order valence-corrected chi connectivity index (χ2v) is 5.40. The van der Waals surface area contributed by atoms with Crippen molar-refractivity contribution in [1.82, 2.24) is 4.90 Å². The third kappa shape index (κ3) is 3.03. The van der Waals surface area contributed by atoms with E-state index in [2.05, 4.69) is 0 Å². The fourth-order valence-electron chi connectivity index (χ4n) is 2.49. The first kappa shape index (κ1) is 15.9. The van der Waals surface area contributed by atoms with E-state index in [0.717, 1.165) is 10.5 Å². The Bertz CT molecular complexity index is 710. The number of aliphatic carboxylic acids is 1. The molecule has 1 N–H and O–H groups in total. The number of rotatable bonds is 4. The number of fused-ring (bicyclic) bond motifs is 1. The highest BCUT2D eigenvalue weighted by molar-refractivity contribution is 5.91. The molecule has 8 nitrogen and oxygen atoms in total. The molecule has 126 valence electrons. The molecule has 2 aliphatic heterocycles. The monoisotopic (exact) mass is 333 g/mol. The van der Waals surface area contributed by atoms with Crippen molar-refractivity contribution < 1.29 is 33.7 Å². The minimum Gasteiger partial charge on any atom is -0.479 e. The van der Waals surface area contributed by atoms with E-state index >= 15 is 0 Å². The molecule has 1 aromatic rings. The van der Waals surface area contributed by atoms with Crippen molar-refractivity contribution in [3.8, 4) is 5.75 Å². The summed E-state index contributed by atoms with van der Waals surface area (Å²) in [6.07, 6.45) is 0.00222. The third-order valence-electron chi connectivity index (χ3n) is 3.71. The Morgan fingerprint density at radius 2 is 2.08 bits per heavy atom. The summed E-state index contributed by atoms with van der Waals surface area (Å²) in [6.45, 7) is 1.68. The number of hydrogen-bond acceptors (Lipinski definition) is 6. The van der Waals surface area contributed by atoms with Gasteiger partial charge < -0.3 is 19.3 Å². The van der Waals surface area contributed by atoms with Gasteiger partial charge in [-0.25, -0.2) is 9.59 Å². The summed E-state index contributed by atoms with van der Waals surface area (Å²) >= 11 is 0. The van der Waals surface area contributed by atoms with E-state index in [1.54, 1.807) is 24.3 Å². The normalized spacial score (nSPS) is 23.3. The Kier molecular flexibility index (Phi) is 4.11. The highest BCUT2D eigenvalue weighted by Crippen LogP contribution is 2.36. The van der Waals surface area contributed by atoms with Crippen molar-refractivity contribution in [3.63, 3.8) is 0 Å². The molecule has 24 heavy (non-hydrogen) atoms. The van der Waals surface area contributed by atoms with Crippen LogP contribution >= 0.6 is 0 Å². The SMILES string of the molecule is Cc1ccc(OC(=O)OC/C=C2\OC3CC(=O)N3[C@H]2C(=O)O)cc1. The zero-order valence-corrected chi connectivity index (χ0v) is 12.8. The first-order valence-corrected chi connectivity index (χ1v) is 7.27. The minimum absolute atomic E-state index is 0.0847. The fraction of sp³-hybridized carbons (Fsp3) is 0.312. The first-order valence-electron chi connectivity index (χ1n) is 7.27. The second-order valence-electron chi connectivity index (χ2n) is 5.40. The molecule has 1 aromatic carbocycles. The van der Waals surface area contributed by atoms with Gasteiger partial charge in [0.2, 0.25) is 5.91 Å². The van der Waals surface area contributed by atoms with E-state index in [1.165, 1.54) is 6.08 Å². The smallest absolute Gasteiger partial charge is 0.479 e. The lowest BCUT2D eigenvalue weighted by Crippen LogP contribution is -2.54. The number of benzene rings is 1. The molecule has 2 atom stereocenters. The van der Waals surface area contributed by atoms with Crippen molar-refractivity contribution in [1.29, 1.82) is 0 Å². The molecule has 8 heteroatoms. The van der Waals surface area contributed by atoms with E-state index in [4.69, 9.17) is 14.2 Å². The Labute approximate surface area is 137 Å². The Balaban J connectivity index is 1.55. The first-order chi connectivity index (χ1) is 11.5. The highest BCUT2D eigenvalue weighted by Gasteiger charge is 2.53. The molecule has 1 amide bonds. The minimum atomic E-state index is -1.20. The van der Waals surface area contributed by atoms with Crippen molar-refractivity contribution in [2.45, 2.75) is 25.6 Å². The van der Waals surface area contributed by atoms with Gasteiger partial charge in [-0.3, -0.25) is 9.69 Å². The summed E-state index contributed by atoms with van der Waals surface area (Å²) in [5, 5.41) is 9.20. The van der Waals surface area contributed by atoms with Crippen LogP contribution in [-0.2, 0) is 19.1 Å². The van der Waals surface area contributed by atoms with Crippen LogP contribution in [0.15, 0.2) is 36.1 Å². The molecule has 0 bridgehead atoms. The van der Waals surface area contributed by atoms with Gasteiger partial charge in [-0.05, 0) is 25.1 Å². The van der Waals surface area contributed by atoms with Gasteiger partial charge in [-0.15, -0.1) is 0 Å². The number of β-lactam (4-membered cyclic amide) rings is 1. The maximum absolute atomic E-state index is 11.6. The molecular formula is C16H15NO7. The number of amides is 1. The average Bonchev–Trinajstić information content (AvgIpc) is 2.82. The quantitative estimate of drug-likeness (QED) is 0.505. The molecule has 2 saturated heterocycles. The van der Waals surface area contributed by atoms with Crippen LogP contribution in [0, 0.1) is 6.92 Å². The zero-order chi connectivity index (χ0) is 17.3. The molecule has 2 fully saturated rings. The standard InChI is InChI=1S/C16H15NO7/c1-9-2-4-10(5-3-9)23-16(21)22-7-6-11-14(15(19)20)17-12(18)8-13(17)24-11/h2-6,13-14H,7-8H2,1H3,(H,19,20)/b11-6-/t13?,14-/m1/s1. The van der Waals surface area contributed by atoms with Crippen molar-refractivity contribution >= 4 is 18.0 Å². The van der Waals surface area contributed by atoms with Gasteiger partial charge in [0.15, 0.2) is 12.3 Å². The molecule has 0 radical (unpaired) electrons.